The molecule has 1 saturated heterocycles. The third-order valence-electron chi connectivity index (χ3n) is 4.88. The van der Waals surface area contributed by atoms with Crippen molar-refractivity contribution < 1.29 is 14.3 Å². The lowest BCUT2D eigenvalue weighted by Crippen LogP contribution is -2.40. The number of fused-ring (bicyclic) bond motifs is 3. The molecule has 0 bridgehead atoms. The number of nitrogens with zero attached hydrogens (tertiary/aromatic N) is 2. The zero-order valence-electron chi connectivity index (χ0n) is 14.2. The predicted molar refractivity (Wildman–Crippen MR) is 95.5 cm³/mol. The summed E-state index contributed by atoms with van der Waals surface area (Å²) in [4.78, 5) is 25.1. The number of amides is 2. The van der Waals surface area contributed by atoms with Crippen molar-refractivity contribution in [2.75, 3.05) is 11.4 Å². The largest absolute Gasteiger partial charge is 0.442 e. The Bertz CT molecular complexity index is 930. The van der Waals surface area contributed by atoms with Crippen LogP contribution in [0, 0.1) is 11.3 Å². The lowest BCUT2D eigenvalue weighted by molar-refractivity contribution is -0.119. The Morgan fingerprint density at radius 3 is 2.69 bits per heavy atom. The smallest absolute Gasteiger partial charge is 0.415 e. The average Bonchev–Trinajstić information content (AvgIpc) is 3.17. The second-order valence-corrected chi connectivity index (χ2v) is 6.53. The van der Waals surface area contributed by atoms with Gasteiger partial charge in [0, 0.05) is 6.92 Å². The van der Waals surface area contributed by atoms with E-state index in [1.165, 1.54) is 6.92 Å². The number of benzene rings is 2. The highest BCUT2D eigenvalue weighted by Gasteiger charge is 2.47. The van der Waals surface area contributed by atoms with Crippen LogP contribution in [0.2, 0.25) is 0 Å². The first-order valence-corrected chi connectivity index (χ1v) is 8.44. The number of nitrogens with one attached hydrogen (secondary N) is 1. The number of carbonyl (C=O) groups excluding carboxylic acids is 2. The molecule has 1 N–H and O–H groups in total. The van der Waals surface area contributed by atoms with E-state index >= 15 is 0 Å². The monoisotopic (exact) mass is 347 g/mol. The van der Waals surface area contributed by atoms with Gasteiger partial charge in [0.2, 0.25) is 5.91 Å². The highest BCUT2D eigenvalue weighted by molar-refractivity contribution is 5.94. The van der Waals surface area contributed by atoms with Gasteiger partial charge in [0.1, 0.15) is 6.10 Å². The topological polar surface area (TPSA) is 82.4 Å². The van der Waals surface area contributed by atoms with E-state index in [-0.39, 0.29) is 24.1 Å². The zero-order valence-corrected chi connectivity index (χ0v) is 14.2. The maximum Gasteiger partial charge on any atom is 0.415 e. The molecule has 2 aromatic rings. The maximum absolute atomic E-state index is 12.3. The maximum atomic E-state index is 12.3. The van der Waals surface area contributed by atoms with Crippen molar-refractivity contribution in [3.05, 3.63) is 53.6 Å². The van der Waals surface area contributed by atoms with Crippen molar-refractivity contribution in [1.82, 2.24) is 5.32 Å². The standard InChI is InChI=1S/C20H17N3O3/c1-12(24)22-11-19-18-9-16-8-15(14-4-2-13(10-21)3-5-14)6-7-17(16)23(18)20(25)26-19/h2-8,18-19H,9,11H2,1H3,(H,22,24). The fourth-order valence-corrected chi connectivity index (χ4v) is 3.61. The molecule has 2 aliphatic heterocycles. The van der Waals surface area contributed by atoms with Crippen LogP contribution in [-0.2, 0) is 16.0 Å². The van der Waals surface area contributed by atoms with Gasteiger partial charge in [0.25, 0.3) is 0 Å². The number of carbonyl (C=O) groups is 2. The van der Waals surface area contributed by atoms with E-state index in [9.17, 15) is 9.59 Å². The van der Waals surface area contributed by atoms with Gasteiger partial charge in [-0.05, 0) is 47.4 Å². The molecule has 1 fully saturated rings. The molecule has 0 radical (unpaired) electrons. The minimum absolute atomic E-state index is 0.0967. The van der Waals surface area contributed by atoms with Crippen molar-refractivity contribution in [3.8, 4) is 17.2 Å². The quantitative estimate of drug-likeness (QED) is 0.925. The van der Waals surface area contributed by atoms with Crippen LogP contribution in [0.5, 0.6) is 0 Å². The van der Waals surface area contributed by atoms with Gasteiger partial charge in [-0.2, -0.15) is 5.26 Å². The summed E-state index contributed by atoms with van der Waals surface area (Å²) in [5, 5.41) is 11.6. The van der Waals surface area contributed by atoms with E-state index in [0.717, 1.165) is 22.4 Å². The first-order chi connectivity index (χ1) is 12.6. The SMILES string of the molecule is CC(=O)NCC1OC(=O)N2c3ccc(-c4ccc(C#N)cc4)cc3CC12. The van der Waals surface area contributed by atoms with Gasteiger partial charge in [-0.1, -0.05) is 18.2 Å². The molecule has 4 rings (SSSR count). The van der Waals surface area contributed by atoms with Gasteiger partial charge in [-0.3, -0.25) is 9.69 Å². The van der Waals surface area contributed by atoms with Crippen LogP contribution in [0.1, 0.15) is 18.1 Å². The van der Waals surface area contributed by atoms with Crippen LogP contribution in [0.25, 0.3) is 11.1 Å². The van der Waals surface area contributed by atoms with Crippen LogP contribution < -0.4 is 10.2 Å². The molecule has 0 spiro atoms. The summed E-state index contributed by atoms with van der Waals surface area (Å²) < 4.78 is 5.42. The minimum Gasteiger partial charge on any atom is -0.442 e. The van der Waals surface area contributed by atoms with E-state index in [4.69, 9.17) is 10.00 Å². The second-order valence-electron chi connectivity index (χ2n) is 6.53. The number of nitriles is 1. The minimum atomic E-state index is -0.366. The first kappa shape index (κ1) is 16.2. The summed E-state index contributed by atoms with van der Waals surface area (Å²) in [7, 11) is 0. The lowest BCUT2D eigenvalue weighted by atomic mass is 9.99. The normalized spacial score (nSPS) is 20.2. The highest BCUT2D eigenvalue weighted by atomic mass is 16.6. The molecule has 0 saturated carbocycles. The number of cyclic esters (lactones) is 1. The Kier molecular flexibility index (Phi) is 3.85. The molecule has 2 unspecified atom stereocenters. The Morgan fingerprint density at radius 1 is 1.27 bits per heavy atom. The summed E-state index contributed by atoms with van der Waals surface area (Å²) in [5.74, 6) is -0.141. The third kappa shape index (κ3) is 2.68. The average molecular weight is 347 g/mol. The fraction of sp³-hybridized carbons (Fsp3) is 0.250. The third-order valence-corrected chi connectivity index (χ3v) is 4.88. The van der Waals surface area contributed by atoms with Gasteiger partial charge in [-0.15, -0.1) is 0 Å². The van der Waals surface area contributed by atoms with E-state index in [1.807, 2.05) is 24.3 Å². The molecular formula is C20H17N3O3. The molecule has 0 aliphatic carbocycles. The zero-order chi connectivity index (χ0) is 18.3. The molecule has 0 aromatic heterocycles. The first-order valence-electron chi connectivity index (χ1n) is 8.44. The summed E-state index contributed by atoms with van der Waals surface area (Å²) in [6.45, 7) is 1.76. The summed E-state index contributed by atoms with van der Waals surface area (Å²) in [5.41, 5.74) is 4.64. The van der Waals surface area contributed by atoms with Gasteiger partial charge >= 0.3 is 6.09 Å². The number of anilines is 1. The van der Waals surface area contributed by atoms with Crippen LogP contribution in [0.4, 0.5) is 10.5 Å². The number of ether oxygens (including phenoxy) is 1. The van der Waals surface area contributed by atoms with Gasteiger partial charge in [0.05, 0.1) is 29.9 Å². The molecule has 2 heterocycles. The molecule has 2 amide bonds. The predicted octanol–water partition coefficient (Wildman–Crippen LogP) is 2.61. The molecule has 6 heteroatoms. The van der Waals surface area contributed by atoms with Crippen molar-refractivity contribution in [3.63, 3.8) is 0 Å². The number of hydrogen-bond acceptors (Lipinski definition) is 4. The van der Waals surface area contributed by atoms with E-state index in [2.05, 4.69) is 17.5 Å². The van der Waals surface area contributed by atoms with Gasteiger partial charge in [0.15, 0.2) is 0 Å². The highest BCUT2D eigenvalue weighted by Crippen LogP contribution is 2.40. The van der Waals surface area contributed by atoms with Crippen molar-refractivity contribution in [1.29, 1.82) is 5.26 Å². The van der Waals surface area contributed by atoms with Gasteiger partial charge < -0.3 is 10.1 Å². The summed E-state index contributed by atoms with van der Waals surface area (Å²) >= 11 is 0. The van der Waals surface area contributed by atoms with E-state index in [1.54, 1.807) is 17.0 Å². The Labute approximate surface area is 151 Å². The van der Waals surface area contributed by atoms with Crippen LogP contribution in [0.3, 0.4) is 0 Å². The molecular weight excluding hydrogens is 330 g/mol. The van der Waals surface area contributed by atoms with E-state index in [0.29, 0.717) is 18.5 Å². The molecule has 2 aliphatic rings. The molecule has 26 heavy (non-hydrogen) atoms. The molecule has 6 nitrogen and oxygen atoms in total. The Morgan fingerprint density at radius 2 is 2.00 bits per heavy atom. The number of rotatable bonds is 3. The van der Waals surface area contributed by atoms with E-state index < -0.39 is 0 Å². The lowest BCUT2D eigenvalue weighted by Gasteiger charge is -2.16. The van der Waals surface area contributed by atoms with Crippen molar-refractivity contribution in [2.24, 2.45) is 0 Å². The number of hydrogen-bond donors (Lipinski definition) is 1. The second kappa shape index (κ2) is 6.19. The van der Waals surface area contributed by atoms with Crippen LogP contribution in [-0.4, -0.2) is 30.7 Å². The molecule has 2 atom stereocenters. The van der Waals surface area contributed by atoms with Crippen LogP contribution >= 0.6 is 0 Å². The van der Waals surface area contributed by atoms with Gasteiger partial charge in [-0.25, -0.2) is 4.79 Å². The Hall–Kier alpha value is -3.33. The Balaban J connectivity index is 1.60. The fourth-order valence-electron chi connectivity index (χ4n) is 3.61. The van der Waals surface area contributed by atoms with Crippen LogP contribution in [0.15, 0.2) is 42.5 Å². The summed E-state index contributed by atoms with van der Waals surface area (Å²) in [6, 6.07) is 15.4. The molecule has 2 aromatic carbocycles. The van der Waals surface area contributed by atoms with Crippen molar-refractivity contribution in [2.45, 2.75) is 25.5 Å². The molecule has 130 valence electrons. The van der Waals surface area contributed by atoms with Crippen molar-refractivity contribution >= 4 is 17.7 Å². The summed E-state index contributed by atoms with van der Waals surface area (Å²) in [6.07, 6.45) is -0.0255.